The molecule has 1 aliphatic heterocycles. The van der Waals surface area contributed by atoms with Gasteiger partial charge >= 0.3 is 12.2 Å². The van der Waals surface area contributed by atoms with Gasteiger partial charge in [-0.2, -0.15) is 0 Å². The number of imidazole rings is 2. The third kappa shape index (κ3) is 7.29. The van der Waals surface area contributed by atoms with Crippen molar-refractivity contribution in [2.24, 2.45) is 0 Å². The highest BCUT2D eigenvalue weighted by atomic mass is 16.5. The maximum atomic E-state index is 13.8. The molecule has 0 aliphatic carbocycles. The summed E-state index contributed by atoms with van der Waals surface area (Å²) in [7, 11) is 2.54. The van der Waals surface area contributed by atoms with Crippen LogP contribution in [0.1, 0.15) is 49.1 Å². The van der Waals surface area contributed by atoms with Gasteiger partial charge in [0.2, 0.25) is 5.91 Å². The SMILES string of the molecule is CCCN(Cc1nc2ccc3cc(-c4ccc5c(ccc6nc(C7CCN7C(=O)[C@H](NC(=O)OC)c7ccccc7)[nH]c65)c4)ccc3c2[nH]1)C(=O)CNC(=O)OC. The van der Waals surface area contributed by atoms with Crippen LogP contribution in [0.4, 0.5) is 9.59 Å². The Bertz CT molecular complexity index is 2660. The van der Waals surface area contributed by atoms with E-state index in [1.165, 1.54) is 14.2 Å². The van der Waals surface area contributed by atoms with Crippen LogP contribution in [0, 0.1) is 0 Å². The number of fused-ring (bicyclic) bond motifs is 6. The molecule has 290 valence electrons. The van der Waals surface area contributed by atoms with E-state index in [4.69, 9.17) is 14.7 Å². The fraction of sp³-hybridized carbons (Fsp3) is 0.256. The van der Waals surface area contributed by atoms with Crippen molar-refractivity contribution < 1.29 is 28.7 Å². The summed E-state index contributed by atoms with van der Waals surface area (Å²) >= 11 is 0. The number of aromatic nitrogens is 4. The van der Waals surface area contributed by atoms with E-state index in [9.17, 15) is 19.2 Å². The number of ether oxygens (including phenoxy) is 2. The third-order valence-corrected chi connectivity index (χ3v) is 10.5. The first-order valence-corrected chi connectivity index (χ1v) is 18.9. The molecule has 14 nitrogen and oxygen atoms in total. The average Bonchev–Trinajstić information content (AvgIpc) is 3.85. The molecule has 4 N–H and O–H groups in total. The molecule has 2 aromatic heterocycles. The molecule has 1 fully saturated rings. The van der Waals surface area contributed by atoms with E-state index in [0.717, 1.165) is 67.6 Å². The summed E-state index contributed by atoms with van der Waals surface area (Å²) in [5.74, 6) is 0.919. The highest BCUT2D eigenvalue weighted by Gasteiger charge is 2.40. The number of nitrogens with one attached hydrogen (secondary N) is 4. The first-order chi connectivity index (χ1) is 27.7. The van der Waals surface area contributed by atoms with Gasteiger partial charge in [-0.1, -0.05) is 73.7 Å². The Balaban J connectivity index is 1.02. The van der Waals surface area contributed by atoms with Crippen LogP contribution in [0.3, 0.4) is 0 Å². The molecule has 8 rings (SSSR count). The molecule has 4 amide bonds. The fourth-order valence-corrected chi connectivity index (χ4v) is 7.57. The van der Waals surface area contributed by atoms with Crippen LogP contribution in [0.5, 0.6) is 0 Å². The van der Waals surface area contributed by atoms with Crippen molar-refractivity contribution in [2.75, 3.05) is 33.9 Å². The lowest BCUT2D eigenvalue weighted by atomic mass is 9.97. The number of nitrogens with zero attached hydrogens (tertiary/aromatic N) is 4. The van der Waals surface area contributed by atoms with E-state index in [-0.39, 0.29) is 30.9 Å². The largest absolute Gasteiger partial charge is 0.453 e. The van der Waals surface area contributed by atoms with E-state index >= 15 is 0 Å². The van der Waals surface area contributed by atoms with Gasteiger partial charge in [0.05, 0.1) is 48.9 Å². The number of rotatable bonds is 11. The maximum absolute atomic E-state index is 13.8. The topological polar surface area (TPSA) is 175 Å². The number of aromatic amines is 2. The van der Waals surface area contributed by atoms with Crippen molar-refractivity contribution in [3.05, 3.63) is 108 Å². The lowest BCUT2D eigenvalue weighted by Gasteiger charge is -2.41. The van der Waals surface area contributed by atoms with Crippen molar-refractivity contribution in [3.63, 3.8) is 0 Å². The van der Waals surface area contributed by atoms with Gasteiger partial charge in [-0.25, -0.2) is 19.6 Å². The lowest BCUT2D eigenvalue weighted by molar-refractivity contribution is -0.142. The number of benzene rings is 5. The van der Waals surface area contributed by atoms with Gasteiger partial charge in [0, 0.05) is 23.9 Å². The standard InChI is InChI=1S/C43H42N8O6/c1-4-19-50(36(52)23-44-42(54)56-2)24-35-45-32-16-12-28-21-26(10-14-30(28)38(32)47-35)27-11-15-31-29(22-27)13-17-33-39(31)48-40(46-33)34-18-20-51(34)41(53)37(49-43(55)57-3)25-8-6-5-7-9-25/h5-17,21-22,34,37H,4,18-20,23-24H2,1-3H3,(H,44,54)(H,45,47)(H,46,48)(H,49,55)/t34?,37-/m1/s1. The molecule has 57 heavy (non-hydrogen) atoms. The Labute approximate surface area is 327 Å². The summed E-state index contributed by atoms with van der Waals surface area (Å²) in [5.41, 5.74) is 6.20. The first kappa shape index (κ1) is 37.0. The van der Waals surface area contributed by atoms with E-state index in [1.807, 2.05) is 49.4 Å². The van der Waals surface area contributed by atoms with E-state index in [2.05, 4.69) is 73.9 Å². The molecule has 5 aromatic carbocycles. The number of carbonyl (C=O) groups is 4. The average molecular weight is 767 g/mol. The van der Waals surface area contributed by atoms with Gasteiger partial charge in [0.1, 0.15) is 24.2 Å². The van der Waals surface area contributed by atoms with E-state index < -0.39 is 18.2 Å². The van der Waals surface area contributed by atoms with Crippen molar-refractivity contribution >= 4 is 67.6 Å². The first-order valence-electron chi connectivity index (χ1n) is 18.9. The van der Waals surface area contributed by atoms with Crippen molar-refractivity contribution in [2.45, 2.75) is 38.4 Å². The van der Waals surface area contributed by atoms with Crippen LogP contribution in [-0.2, 0) is 25.6 Å². The molecule has 0 spiro atoms. The van der Waals surface area contributed by atoms with Crippen molar-refractivity contribution in [1.82, 2.24) is 40.4 Å². The molecule has 1 aliphatic rings. The summed E-state index contributed by atoms with van der Waals surface area (Å²) < 4.78 is 9.41. The monoisotopic (exact) mass is 766 g/mol. The molecular formula is C43H42N8O6. The summed E-state index contributed by atoms with van der Waals surface area (Å²) in [4.78, 5) is 70.5. The number of alkyl carbamates (subject to hydrolysis) is 2. The highest BCUT2D eigenvalue weighted by Crippen LogP contribution is 2.37. The zero-order chi connectivity index (χ0) is 39.6. The van der Waals surface area contributed by atoms with Gasteiger partial charge in [0.15, 0.2) is 0 Å². The van der Waals surface area contributed by atoms with Crippen LogP contribution in [0.25, 0.3) is 54.7 Å². The second kappa shape index (κ2) is 15.6. The van der Waals surface area contributed by atoms with Gasteiger partial charge in [-0.05, 0) is 64.6 Å². The minimum Gasteiger partial charge on any atom is -0.453 e. The minimum atomic E-state index is -0.883. The Morgan fingerprint density at radius 2 is 1.47 bits per heavy atom. The van der Waals surface area contributed by atoms with Crippen LogP contribution in [0.2, 0.25) is 0 Å². The molecule has 0 bridgehead atoms. The molecule has 14 heteroatoms. The third-order valence-electron chi connectivity index (χ3n) is 10.5. The lowest BCUT2D eigenvalue weighted by Crippen LogP contribution is -2.50. The van der Waals surface area contributed by atoms with E-state index in [0.29, 0.717) is 30.3 Å². The predicted octanol–water partition coefficient (Wildman–Crippen LogP) is 6.88. The molecular weight excluding hydrogens is 725 g/mol. The minimum absolute atomic E-state index is 0.155. The quantitative estimate of drug-likeness (QED) is 0.110. The Hall–Kier alpha value is -6.96. The summed E-state index contributed by atoms with van der Waals surface area (Å²) in [5, 5.41) is 9.29. The number of hydrogen-bond donors (Lipinski definition) is 4. The predicted molar refractivity (Wildman–Crippen MR) is 216 cm³/mol. The van der Waals surface area contributed by atoms with Crippen molar-refractivity contribution in [1.29, 1.82) is 0 Å². The molecule has 1 saturated heterocycles. The molecule has 1 unspecified atom stereocenters. The number of carbonyl (C=O) groups excluding carboxylic acids is 4. The number of methoxy groups -OCH3 is 2. The molecule has 7 aromatic rings. The highest BCUT2D eigenvalue weighted by molar-refractivity contribution is 6.07. The number of H-pyrrole nitrogens is 2. The van der Waals surface area contributed by atoms with E-state index in [1.54, 1.807) is 9.80 Å². The summed E-state index contributed by atoms with van der Waals surface area (Å²) in [6, 6.07) is 28.8. The van der Waals surface area contributed by atoms with Gasteiger partial charge in [-0.15, -0.1) is 0 Å². The Kier molecular flexibility index (Phi) is 10.2. The molecule has 0 radical (unpaired) electrons. The number of likely N-dealkylation sites (tertiary alicyclic amines) is 1. The van der Waals surface area contributed by atoms with Gasteiger partial charge in [-0.3, -0.25) is 9.59 Å². The second-order valence-electron chi connectivity index (χ2n) is 14.1. The van der Waals surface area contributed by atoms with Crippen molar-refractivity contribution in [3.8, 4) is 11.1 Å². The van der Waals surface area contributed by atoms with Gasteiger partial charge in [0.25, 0.3) is 5.91 Å². The number of amides is 4. The Morgan fingerprint density at radius 1 is 0.825 bits per heavy atom. The molecule has 2 atom stereocenters. The Morgan fingerprint density at radius 3 is 2.09 bits per heavy atom. The van der Waals surface area contributed by atoms with Crippen LogP contribution < -0.4 is 10.6 Å². The fourth-order valence-electron chi connectivity index (χ4n) is 7.57. The molecule has 0 saturated carbocycles. The zero-order valence-corrected chi connectivity index (χ0v) is 31.8. The summed E-state index contributed by atoms with van der Waals surface area (Å²) in [6.07, 6.45) is 0.176. The number of hydrogen-bond acceptors (Lipinski definition) is 8. The van der Waals surface area contributed by atoms with Crippen LogP contribution in [0.15, 0.2) is 91.0 Å². The zero-order valence-electron chi connectivity index (χ0n) is 31.8. The maximum Gasteiger partial charge on any atom is 0.407 e. The molecule has 3 heterocycles. The van der Waals surface area contributed by atoms with Gasteiger partial charge < -0.3 is 39.9 Å². The van der Waals surface area contributed by atoms with Crippen LogP contribution >= 0.6 is 0 Å². The van der Waals surface area contributed by atoms with Crippen LogP contribution in [-0.4, -0.2) is 87.6 Å². The normalized spacial score (nSPS) is 14.4. The summed E-state index contributed by atoms with van der Waals surface area (Å²) in [6.45, 7) is 3.19. The second-order valence-corrected chi connectivity index (χ2v) is 14.1. The smallest absolute Gasteiger partial charge is 0.407 e.